The molecular weight excluding hydrogens is 344 g/mol. The van der Waals surface area contributed by atoms with Gasteiger partial charge in [0.15, 0.2) is 0 Å². The van der Waals surface area contributed by atoms with Crippen molar-refractivity contribution in [2.75, 3.05) is 19.0 Å². The van der Waals surface area contributed by atoms with Crippen molar-refractivity contribution in [3.63, 3.8) is 0 Å². The molecule has 2 aromatic carbocycles. The Hall–Kier alpha value is -3.12. The number of nitrogens with one attached hydrogen (secondary N) is 1. The van der Waals surface area contributed by atoms with Crippen LogP contribution in [0.2, 0.25) is 0 Å². The Morgan fingerprint density at radius 2 is 2.00 bits per heavy atom. The van der Waals surface area contributed by atoms with E-state index in [2.05, 4.69) is 5.32 Å². The SMILES string of the molecule is COc1ccc(C(=O)Nc2cccc3c(=O)n(C(C)CO)ccc23)cc1C. The molecule has 0 bridgehead atoms. The van der Waals surface area contributed by atoms with Gasteiger partial charge in [-0.25, -0.2) is 0 Å². The molecule has 3 aromatic rings. The second-order valence-electron chi connectivity index (χ2n) is 6.47. The highest BCUT2D eigenvalue weighted by Gasteiger charge is 2.13. The molecule has 0 saturated carbocycles. The van der Waals surface area contributed by atoms with Crippen LogP contribution in [0.4, 0.5) is 5.69 Å². The molecule has 1 heterocycles. The first-order valence-electron chi connectivity index (χ1n) is 8.67. The summed E-state index contributed by atoms with van der Waals surface area (Å²) in [5, 5.41) is 13.3. The number of hydrogen-bond donors (Lipinski definition) is 2. The van der Waals surface area contributed by atoms with Gasteiger partial charge in [0.25, 0.3) is 11.5 Å². The summed E-state index contributed by atoms with van der Waals surface area (Å²) in [5.74, 6) is 0.455. The van der Waals surface area contributed by atoms with E-state index in [1.807, 2.05) is 6.92 Å². The van der Waals surface area contributed by atoms with Gasteiger partial charge < -0.3 is 19.7 Å². The molecule has 0 fully saturated rings. The fourth-order valence-corrected chi connectivity index (χ4v) is 3.05. The largest absolute Gasteiger partial charge is 0.496 e. The number of aliphatic hydroxyl groups excluding tert-OH is 1. The Labute approximate surface area is 157 Å². The highest BCUT2D eigenvalue weighted by Crippen LogP contribution is 2.23. The third-order valence-corrected chi connectivity index (χ3v) is 4.62. The van der Waals surface area contributed by atoms with E-state index in [0.29, 0.717) is 22.0 Å². The van der Waals surface area contributed by atoms with Gasteiger partial charge in [-0.2, -0.15) is 0 Å². The Kier molecular flexibility index (Phi) is 5.28. The fourth-order valence-electron chi connectivity index (χ4n) is 3.05. The van der Waals surface area contributed by atoms with E-state index in [9.17, 15) is 14.7 Å². The Morgan fingerprint density at radius 1 is 1.22 bits per heavy atom. The molecule has 1 aromatic heterocycles. The summed E-state index contributed by atoms with van der Waals surface area (Å²) < 4.78 is 6.71. The first-order chi connectivity index (χ1) is 13.0. The van der Waals surface area contributed by atoms with Crippen LogP contribution in [0.1, 0.15) is 28.9 Å². The molecule has 27 heavy (non-hydrogen) atoms. The molecule has 0 aliphatic rings. The van der Waals surface area contributed by atoms with E-state index < -0.39 is 0 Å². The monoisotopic (exact) mass is 366 g/mol. The lowest BCUT2D eigenvalue weighted by atomic mass is 10.1. The zero-order valence-corrected chi connectivity index (χ0v) is 15.5. The smallest absolute Gasteiger partial charge is 0.258 e. The number of nitrogens with zero attached hydrogens (tertiary/aromatic N) is 1. The first kappa shape index (κ1) is 18.7. The summed E-state index contributed by atoms with van der Waals surface area (Å²) in [5.41, 5.74) is 1.73. The van der Waals surface area contributed by atoms with Gasteiger partial charge in [-0.15, -0.1) is 0 Å². The minimum atomic E-state index is -0.317. The van der Waals surface area contributed by atoms with Gasteiger partial charge >= 0.3 is 0 Å². The van der Waals surface area contributed by atoms with E-state index in [4.69, 9.17) is 4.74 Å². The standard InChI is InChI=1S/C21H22N2O4/c1-13-11-15(7-8-19(13)27-3)20(25)22-18-6-4-5-17-16(18)9-10-23(21(17)26)14(2)12-24/h4-11,14,24H,12H2,1-3H3,(H,22,25). The van der Waals surface area contributed by atoms with Gasteiger partial charge in [0.1, 0.15) is 5.75 Å². The van der Waals surface area contributed by atoms with Crippen molar-refractivity contribution >= 4 is 22.4 Å². The predicted octanol–water partition coefficient (Wildman–Crippen LogP) is 3.12. The average molecular weight is 366 g/mol. The van der Waals surface area contributed by atoms with E-state index >= 15 is 0 Å². The van der Waals surface area contributed by atoms with Crippen LogP contribution in [0, 0.1) is 6.92 Å². The number of ether oxygens (including phenoxy) is 1. The molecule has 1 amide bonds. The number of fused-ring (bicyclic) bond motifs is 1. The molecule has 0 aliphatic heterocycles. The van der Waals surface area contributed by atoms with Crippen LogP contribution in [0.15, 0.2) is 53.5 Å². The molecule has 0 aliphatic carbocycles. The van der Waals surface area contributed by atoms with Crippen LogP contribution >= 0.6 is 0 Å². The van der Waals surface area contributed by atoms with Crippen molar-refractivity contribution in [3.8, 4) is 5.75 Å². The number of amides is 1. The van der Waals surface area contributed by atoms with Crippen molar-refractivity contribution in [1.82, 2.24) is 4.57 Å². The lowest BCUT2D eigenvalue weighted by molar-refractivity contribution is 0.102. The van der Waals surface area contributed by atoms with Crippen molar-refractivity contribution in [2.24, 2.45) is 0 Å². The maximum absolute atomic E-state index is 12.7. The molecule has 0 radical (unpaired) electrons. The molecule has 1 atom stereocenters. The Balaban J connectivity index is 1.98. The number of rotatable bonds is 5. The van der Waals surface area contributed by atoms with Crippen molar-refractivity contribution in [2.45, 2.75) is 19.9 Å². The van der Waals surface area contributed by atoms with Crippen LogP contribution in [-0.4, -0.2) is 29.3 Å². The van der Waals surface area contributed by atoms with Crippen LogP contribution < -0.4 is 15.6 Å². The molecule has 6 heteroatoms. The molecule has 140 valence electrons. The summed E-state index contributed by atoms with van der Waals surface area (Å²) in [6, 6.07) is 11.9. The van der Waals surface area contributed by atoms with Crippen LogP contribution in [0.5, 0.6) is 5.75 Å². The quantitative estimate of drug-likeness (QED) is 0.727. The molecule has 1 unspecified atom stereocenters. The number of methoxy groups -OCH3 is 1. The lowest BCUT2D eigenvalue weighted by Gasteiger charge is -2.15. The van der Waals surface area contributed by atoms with Crippen LogP contribution in [0.3, 0.4) is 0 Å². The lowest BCUT2D eigenvalue weighted by Crippen LogP contribution is -2.25. The topological polar surface area (TPSA) is 80.6 Å². The molecular formula is C21H22N2O4. The second-order valence-corrected chi connectivity index (χ2v) is 6.47. The highest BCUT2D eigenvalue weighted by molar-refractivity contribution is 6.09. The van der Waals surface area contributed by atoms with E-state index in [-0.39, 0.29) is 24.1 Å². The van der Waals surface area contributed by atoms with E-state index in [1.165, 1.54) is 4.57 Å². The summed E-state index contributed by atoms with van der Waals surface area (Å²) in [4.78, 5) is 25.3. The maximum Gasteiger partial charge on any atom is 0.258 e. The maximum atomic E-state index is 12.7. The number of aryl methyl sites for hydroxylation is 1. The first-order valence-corrected chi connectivity index (χ1v) is 8.67. The summed E-state index contributed by atoms with van der Waals surface area (Å²) in [7, 11) is 1.59. The van der Waals surface area contributed by atoms with Gasteiger partial charge in [0, 0.05) is 28.2 Å². The highest BCUT2D eigenvalue weighted by atomic mass is 16.5. The fraction of sp³-hybridized carbons (Fsp3) is 0.238. The third-order valence-electron chi connectivity index (χ3n) is 4.62. The number of anilines is 1. The van der Waals surface area contributed by atoms with Crippen molar-refractivity contribution in [1.29, 1.82) is 0 Å². The molecule has 3 rings (SSSR count). The van der Waals surface area contributed by atoms with Gasteiger partial charge in [-0.05, 0) is 55.8 Å². The summed E-state index contributed by atoms with van der Waals surface area (Å²) in [6.07, 6.45) is 1.64. The summed E-state index contributed by atoms with van der Waals surface area (Å²) in [6.45, 7) is 3.52. The number of hydrogen-bond acceptors (Lipinski definition) is 4. The minimum Gasteiger partial charge on any atom is -0.496 e. The van der Waals surface area contributed by atoms with Crippen molar-refractivity contribution < 1.29 is 14.6 Å². The molecule has 6 nitrogen and oxygen atoms in total. The number of aliphatic hydroxyl groups is 1. The van der Waals surface area contributed by atoms with Gasteiger partial charge in [-0.3, -0.25) is 9.59 Å². The van der Waals surface area contributed by atoms with Gasteiger partial charge in [0.05, 0.1) is 19.8 Å². The Bertz CT molecular complexity index is 1060. The predicted molar refractivity (Wildman–Crippen MR) is 106 cm³/mol. The average Bonchev–Trinajstić information content (AvgIpc) is 2.68. The zero-order chi connectivity index (χ0) is 19.6. The number of aromatic nitrogens is 1. The zero-order valence-electron chi connectivity index (χ0n) is 15.5. The molecule has 2 N–H and O–H groups in total. The Morgan fingerprint density at radius 3 is 2.67 bits per heavy atom. The van der Waals surface area contributed by atoms with E-state index in [0.717, 1.165) is 11.3 Å². The number of carbonyl (C=O) groups is 1. The van der Waals surface area contributed by atoms with Gasteiger partial charge in [-0.1, -0.05) is 6.07 Å². The number of benzene rings is 2. The van der Waals surface area contributed by atoms with Gasteiger partial charge in [0.2, 0.25) is 0 Å². The number of carbonyl (C=O) groups excluding carboxylic acids is 1. The van der Waals surface area contributed by atoms with Crippen LogP contribution in [0.25, 0.3) is 10.8 Å². The third kappa shape index (κ3) is 3.57. The van der Waals surface area contributed by atoms with E-state index in [1.54, 1.807) is 62.7 Å². The van der Waals surface area contributed by atoms with Crippen LogP contribution in [-0.2, 0) is 0 Å². The van der Waals surface area contributed by atoms with Crippen molar-refractivity contribution in [3.05, 3.63) is 70.1 Å². The number of pyridine rings is 1. The summed E-state index contributed by atoms with van der Waals surface area (Å²) >= 11 is 0. The second kappa shape index (κ2) is 7.63. The molecule has 0 spiro atoms. The normalized spacial score (nSPS) is 12.0. The minimum absolute atomic E-state index is 0.126. The molecule has 0 saturated heterocycles.